The molecule has 0 saturated heterocycles. The van der Waals surface area contributed by atoms with Crippen LogP contribution in [0.15, 0.2) is 18.5 Å². The van der Waals surface area contributed by atoms with E-state index in [0.29, 0.717) is 6.42 Å². The molecule has 0 aliphatic carbocycles. The summed E-state index contributed by atoms with van der Waals surface area (Å²) in [5.74, 6) is 0. The van der Waals surface area contributed by atoms with Crippen LogP contribution in [-0.4, -0.2) is 4.98 Å². The molecule has 1 heterocycles. The summed E-state index contributed by atoms with van der Waals surface area (Å²) in [7, 11) is 0. The predicted molar refractivity (Wildman–Crippen MR) is 46.1 cm³/mol. The monoisotopic (exact) mass is 161 g/mol. The van der Waals surface area contributed by atoms with Crippen molar-refractivity contribution < 1.29 is 0 Å². The Bertz CT molecular complexity index is 301. The van der Waals surface area contributed by atoms with Crippen LogP contribution in [0.4, 0.5) is 0 Å². The molecule has 0 spiro atoms. The minimum Gasteiger partial charge on any atom is -0.323 e. The first-order valence-corrected chi connectivity index (χ1v) is 3.78. The van der Waals surface area contributed by atoms with E-state index >= 15 is 0 Å². The average Bonchev–Trinajstić information content (AvgIpc) is 2.05. The number of nitriles is 1. The molecule has 0 fully saturated rings. The fourth-order valence-corrected chi connectivity index (χ4v) is 1.07. The van der Waals surface area contributed by atoms with Gasteiger partial charge >= 0.3 is 0 Å². The molecule has 0 aliphatic heterocycles. The Kier molecular flexibility index (Phi) is 2.78. The standard InChI is InChI=1S/C9H11N3/c1-7-3-5-12-6-8(7)9(11)2-4-10/h3,5-6,9H,2,11H2,1H3. The number of hydrogen-bond donors (Lipinski definition) is 1. The van der Waals surface area contributed by atoms with Gasteiger partial charge in [-0.1, -0.05) is 0 Å². The van der Waals surface area contributed by atoms with Crippen molar-refractivity contribution >= 4 is 0 Å². The van der Waals surface area contributed by atoms with Crippen molar-refractivity contribution in [3.63, 3.8) is 0 Å². The summed E-state index contributed by atoms with van der Waals surface area (Å²) in [5.41, 5.74) is 7.79. The minimum absolute atomic E-state index is 0.205. The first kappa shape index (κ1) is 8.69. The number of rotatable bonds is 2. The number of pyridine rings is 1. The Labute approximate surface area is 71.8 Å². The Morgan fingerprint density at radius 2 is 2.50 bits per heavy atom. The molecule has 0 bridgehead atoms. The Morgan fingerprint density at radius 1 is 1.75 bits per heavy atom. The lowest BCUT2D eigenvalue weighted by Gasteiger charge is -2.09. The highest BCUT2D eigenvalue weighted by molar-refractivity contribution is 5.25. The molecule has 0 aromatic carbocycles. The molecule has 62 valence electrons. The topological polar surface area (TPSA) is 62.7 Å². The van der Waals surface area contributed by atoms with E-state index in [4.69, 9.17) is 11.0 Å². The summed E-state index contributed by atoms with van der Waals surface area (Å²) in [6.45, 7) is 1.97. The van der Waals surface area contributed by atoms with Gasteiger partial charge in [-0.25, -0.2) is 0 Å². The average molecular weight is 161 g/mol. The van der Waals surface area contributed by atoms with Crippen LogP contribution in [0.5, 0.6) is 0 Å². The van der Waals surface area contributed by atoms with Crippen LogP contribution >= 0.6 is 0 Å². The van der Waals surface area contributed by atoms with Crippen LogP contribution in [0.2, 0.25) is 0 Å². The van der Waals surface area contributed by atoms with E-state index in [9.17, 15) is 0 Å². The number of aromatic nitrogens is 1. The summed E-state index contributed by atoms with van der Waals surface area (Å²) < 4.78 is 0. The van der Waals surface area contributed by atoms with Crippen molar-refractivity contribution in [1.29, 1.82) is 5.26 Å². The van der Waals surface area contributed by atoms with Crippen molar-refractivity contribution in [3.05, 3.63) is 29.6 Å². The van der Waals surface area contributed by atoms with Gasteiger partial charge in [-0.15, -0.1) is 0 Å². The van der Waals surface area contributed by atoms with E-state index in [1.165, 1.54) is 0 Å². The third kappa shape index (κ3) is 1.80. The van der Waals surface area contributed by atoms with Crippen molar-refractivity contribution in [3.8, 4) is 6.07 Å². The summed E-state index contributed by atoms with van der Waals surface area (Å²) in [4.78, 5) is 3.96. The summed E-state index contributed by atoms with van der Waals surface area (Å²) >= 11 is 0. The van der Waals surface area contributed by atoms with Gasteiger partial charge in [0.2, 0.25) is 0 Å². The van der Waals surface area contributed by atoms with Crippen LogP contribution in [0.1, 0.15) is 23.6 Å². The Morgan fingerprint density at radius 3 is 3.08 bits per heavy atom. The molecule has 12 heavy (non-hydrogen) atoms. The number of hydrogen-bond acceptors (Lipinski definition) is 3. The minimum atomic E-state index is -0.205. The van der Waals surface area contributed by atoms with Crippen LogP contribution in [0, 0.1) is 18.3 Å². The molecule has 1 rings (SSSR count). The van der Waals surface area contributed by atoms with Crippen molar-refractivity contribution in [1.82, 2.24) is 4.98 Å². The van der Waals surface area contributed by atoms with Crippen LogP contribution < -0.4 is 5.73 Å². The second-order valence-corrected chi connectivity index (χ2v) is 2.70. The summed E-state index contributed by atoms with van der Waals surface area (Å²) in [6.07, 6.45) is 3.78. The molecule has 2 N–H and O–H groups in total. The van der Waals surface area contributed by atoms with E-state index in [-0.39, 0.29) is 6.04 Å². The maximum atomic E-state index is 8.44. The SMILES string of the molecule is Cc1ccncc1C(N)CC#N. The van der Waals surface area contributed by atoms with Gasteiger partial charge in [0.05, 0.1) is 12.5 Å². The van der Waals surface area contributed by atoms with Gasteiger partial charge < -0.3 is 5.73 Å². The number of nitrogens with two attached hydrogens (primary N) is 1. The van der Waals surface area contributed by atoms with Crippen molar-refractivity contribution in [2.75, 3.05) is 0 Å². The smallest absolute Gasteiger partial charge is 0.0641 e. The second-order valence-electron chi connectivity index (χ2n) is 2.70. The second kappa shape index (κ2) is 3.84. The van der Waals surface area contributed by atoms with Gasteiger partial charge in [-0.05, 0) is 24.1 Å². The fourth-order valence-electron chi connectivity index (χ4n) is 1.07. The van der Waals surface area contributed by atoms with Gasteiger partial charge in [-0.3, -0.25) is 4.98 Å². The Balaban J connectivity index is 2.88. The molecule has 0 amide bonds. The summed E-state index contributed by atoms with van der Waals surface area (Å²) in [6, 6.07) is 3.73. The molecule has 0 aliphatic rings. The normalized spacial score (nSPS) is 12.1. The molecule has 3 nitrogen and oxygen atoms in total. The predicted octanol–water partition coefficient (Wildman–Crippen LogP) is 1.30. The molecule has 1 aromatic heterocycles. The Hall–Kier alpha value is -1.40. The lowest BCUT2D eigenvalue weighted by molar-refractivity contribution is 0.737. The zero-order valence-corrected chi connectivity index (χ0v) is 6.99. The highest BCUT2D eigenvalue weighted by Gasteiger charge is 2.07. The van der Waals surface area contributed by atoms with E-state index in [0.717, 1.165) is 11.1 Å². The molecule has 1 atom stereocenters. The fraction of sp³-hybridized carbons (Fsp3) is 0.333. The zero-order chi connectivity index (χ0) is 8.97. The van der Waals surface area contributed by atoms with Crippen LogP contribution in [0.25, 0.3) is 0 Å². The first-order chi connectivity index (χ1) is 5.75. The highest BCUT2D eigenvalue weighted by atomic mass is 14.7. The first-order valence-electron chi connectivity index (χ1n) is 3.78. The molecular formula is C9H11N3. The van der Waals surface area contributed by atoms with Gasteiger partial charge in [-0.2, -0.15) is 5.26 Å². The van der Waals surface area contributed by atoms with Crippen LogP contribution in [-0.2, 0) is 0 Å². The maximum absolute atomic E-state index is 8.44. The number of nitrogens with zero attached hydrogens (tertiary/aromatic N) is 2. The summed E-state index contributed by atoms with van der Waals surface area (Å²) in [5, 5.41) is 8.44. The van der Waals surface area contributed by atoms with Gasteiger partial charge in [0.25, 0.3) is 0 Å². The number of aryl methyl sites for hydroxylation is 1. The molecule has 1 unspecified atom stereocenters. The van der Waals surface area contributed by atoms with E-state index < -0.39 is 0 Å². The van der Waals surface area contributed by atoms with E-state index in [2.05, 4.69) is 4.98 Å². The van der Waals surface area contributed by atoms with Crippen molar-refractivity contribution in [2.45, 2.75) is 19.4 Å². The quantitative estimate of drug-likeness (QED) is 0.711. The lowest BCUT2D eigenvalue weighted by Crippen LogP contribution is -2.10. The molecular weight excluding hydrogens is 150 g/mol. The molecule has 1 aromatic rings. The van der Waals surface area contributed by atoms with Gasteiger partial charge in [0.15, 0.2) is 0 Å². The van der Waals surface area contributed by atoms with Gasteiger partial charge in [0.1, 0.15) is 0 Å². The van der Waals surface area contributed by atoms with Gasteiger partial charge in [0, 0.05) is 18.4 Å². The maximum Gasteiger partial charge on any atom is 0.0641 e. The van der Waals surface area contributed by atoms with Crippen LogP contribution in [0.3, 0.4) is 0 Å². The molecule has 0 radical (unpaired) electrons. The third-order valence-electron chi connectivity index (χ3n) is 1.79. The lowest BCUT2D eigenvalue weighted by atomic mass is 10.0. The largest absolute Gasteiger partial charge is 0.323 e. The molecule has 3 heteroatoms. The van der Waals surface area contributed by atoms with Crippen molar-refractivity contribution in [2.24, 2.45) is 5.73 Å². The van der Waals surface area contributed by atoms with E-state index in [1.807, 2.05) is 19.1 Å². The zero-order valence-electron chi connectivity index (χ0n) is 6.99. The third-order valence-corrected chi connectivity index (χ3v) is 1.79. The van der Waals surface area contributed by atoms with E-state index in [1.54, 1.807) is 12.4 Å². The highest BCUT2D eigenvalue weighted by Crippen LogP contribution is 2.15. The molecule has 0 saturated carbocycles.